The first kappa shape index (κ1) is 10.0. The summed E-state index contributed by atoms with van der Waals surface area (Å²) in [5, 5.41) is 2.56. The van der Waals surface area contributed by atoms with Crippen LogP contribution < -0.4 is 5.32 Å². The van der Waals surface area contributed by atoms with Crippen molar-refractivity contribution in [2.24, 2.45) is 0 Å². The molecule has 1 amide bonds. The number of ether oxygens (including phenoxy) is 1. The SMILES string of the molecule is CC(C)(C)OC(=O)[C@H]1CCC(=O)N1. The van der Waals surface area contributed by atoms with Crippen LogP contribution in [-0.4, -0.2) is 23.5 Å². The van der Waals surface area contributed by atoms with E-state index >= 15 is 0 Å². The van der Waals surface area contributed by atoms with Crippen molar-refractivity contribution in [1.82, 2.24) is 5.32 Å². The second-order valence-electron chi connectivity index (χ2n) is 4.19. The topological polar surface area (TPSA) is 55.4 Å². The molecule has 1 heterocycles. The summed E-state index contributed by atoms with van der Waals surface area (Å²) in [6.45, 7) is 5.42. The van der Waals surface area contributed by atoms with E-state index in [1.807, 2.05) is 20.8 Å². The lowest BCUT2D eigenvalue weighted by atomic mass is 10.2. The number of rotatable bonds is 1. The molecule has 13 heavy (non-hydrogen) atoms. The van der Waals surface area contributed by atoms with E-state index in [0.29, 0.717) is 12.8 Å². The number of esters is 1. The summed E-state index contributed by atoms with van der Waals surface area (Å²) < 4.78 is 5.12. The van der Waals surface area contributed by atoms with E-state index in [9.17, 15) is 9.59 Å². The van der Waals surface area contributed by atoms with E-state index < -0.39 is 11.6 Å². The average Bonchev–Trinajstić information content (AvgIpc) is 2.31. The van der Waals surface area contributed by atoms with Crippen molar-refractivity contribution in [1.29, 1.82) is 0 Å². The molecule has 1 saturated heterocycles. The van der Waals surface area contributed by atoms with Gasteiger partial charge in [-0.15, -0.1) is 0 Å². The largest absolute Gasteiger partial charge is 0.458 e. The molecule has 1 atom stereocenters. The molecule has 0 radical (unpaired) electrons. The number of hydrogen-bond acceptors (Lipinski definition) is 3. The van der Waals surface area contributed by atoms with Gasteiger partial charge in [0.2, 0.25) is 5.91 Å². The van der Waals surface area contributed by atoms with E-state index in [2.05, 4.69) is 5.32 Å². The quantitative estimate of drug-likeness (QED) is 0.609. The van der Waals surface area contributed by atoms with E-state index in [0.717, 1.165) is 0 Å². The van der Waals surface area contributed by atoms with Gasteiger partial charge in [-0.3, -0.25) is 4.79 Å². The molecular formula is C9H15NO3. The maximum atomic E-state index is 11.4. The van der Waals surface area contributed by atoms with Crippen molar-refractivity contribution in [3.05, 3.63) is 0 Å². The van der Waals surface area contributed by atoms with Crippen LogP contribution in [0.2, 0.25) is 0 Å². The van der Waals surface area contributed by atoms with Gasteiger partial charge in [-0.1, -0.05) is 0 Å². The molecule has 0 aliphatic carbocycles. The Balaban J connectivity index is 2.45. The Bertz CT molecular complexity index is 230. The Morgan fingerprint density at radius 1 is 1.54 bits per heavy atom. The van der Waals surface area contributed by atoms with Crippen LogP contribution in [0, 0.1) is 0 Å². The van der Waals surface area contributed by atoms with Crippen molar-refractivity contribution in [3.63, 3.8) is 0 Å². The summed E-state index contributed by atoms with van der Waals surface area (Å²) in [7, 11) is 0. The molecule has 1 fully saturated rings. The van der Waals surface area contributed by atoms with Crippen molar-refractivity contribution in [2.45, 2.75) is 45.3 Å². The lowest BCUT2D eigenvalue weighted by molar-refractivity contribution is -0.157. The van der Waals surface area contributed by atoms with Crippen LogP contribution in [-0.2, 0) is 14.3 Å². The fraction of sp³-hybridized carbons (Fsp3) is 0.778. The molecule has 74 valence electrons. The summed E-state index contributed by atoms with van der Waals surface area (Å²) >= 11 is 0. The molecule has 1 aliphatic rings. The van der Waals surface area contributed by atoms with Crippen LogP contribution >= 0.6 is 0 Å². The molecular weight excluding hydrogens is 170 g/mol. The Morgan fingerprint density at radius 2 is 2.15 bits per heavy atom. The highest BCUT2D eigenvalue weighted by Crippen LogP contribution is 2.13. The highest BCUT2D eigenvalue weighted by Gasteiger charge is 2.30. The van der Waals surface area contributed by atoms with Crippen LogP contribution in [0.1, 0.15) is 33.6 Å². The monoisotopic (exact) mass is 185 g/mol. The van der Waals surface area contributed by atoms with Crippen molar-refractivity contribution >= 4 is 11.9 Å². The average molecular weight is 185 g/mol. The molecule has 1 N–H and O–H groups in total. The van der Waals surface area contributed by atoms with Gasteiger partial charge in [0.05, 0.1) is 0 Å². The molecule has 1 aliphatic heterocycles. The number of carbonyl (C=O) groups is 2. The van der Waals surface area contributed by atoms with Gasteiger partial charge in [0, 0.05) is 6.42 Å². The van der Waals surface area contributed by atoms with Gasteiger partial charge in [-0.25, -0.2) is 4.79 Å². The lowest BCUT2D eigenvalue weighted by Crippen LogP contribution is -2.38. The third-order valence-electron chi connectivity index (χ3n) is 1.69. The molecule has 0 aromatic heterocycles. The van der Waals surface area contributed by atoms with Gasteiger partial charge in [0.1, 0.15) is 11.6 Å². The Hall–Kier alpha value is -1.06. The fourth-order valence-electron chi connectivity index (χ4n) is 1.16. The van der Waals surface area contributed by atoms with E-state index in [1.54, 1.807) is 0 Å². The molecule has 4 heteroatoms. The molecule has 4 nitrogen and oxygen atoms in total. The molecule has 0 spiro atoms. The highest BCUT2D eigenvalue weighted by atomic mass is 16.6. The second kappa shape index (κ2) is 3.36. The van der Waals surface area contributed by atoms with Gasteiger partial charge in [0.15, 0.2) is 0 Å². The van der Waals surface area contributed by atoms with Gasteiger partial charge >= 0.3 is 5.97 Å². The van der Waals surface area contributed by atoms with Crippen LogP contribution in [0.3, 0.4) is 0 Å². The Kier molecular flexibility index (Phi) is 2.59. The highest BCUT2D eigenvalue weighted by molar-refractivity contribution is 5.88. The molecule has 0 bridgehead atoms. The van der Waals surface area contributed by atoms with Crippen LogP contribution in [0.4, 0.5) is 0 Å². The Labute approximate surface area is 77.6 Å². The summed E-state index contributed by atoms with van der Waals surface area (Å²) in [5.74, 6) is -0.408. The minimum absolute atomic E-state index is 0.0733. The smallest absolute Gasteiger partial charge is 0.329 e. The summed E-state index contributed by atoms with van der Waals surface area (Å²) in [5.41, 5.74) is -0.482. The van der Waals surface area contributed by atoms with Crippen molar-refractivity contribution in [3.8, 4) is 0 Å². The zero-order valence-electron chi connectivity index (χ0n) is 8.22. The predicted octanol–water partition coefficient (Wildman–Crippen LogP) is 0.607. The number of nitrogens with one attached hydrogen (secondary N) is 1. The summed E-state index contributed by atoms with van der Waals surface area (Å²) in [4.78, 5) is 22.2. The summed E-state index contributed by atoms with van der Waals surface area (Å²) in [6.07, 6.45) is 0.970. The van der Waals surface area contributed by atoms with Gasteiger partial charge < -0.3 is 10.1 Å². The zero-order chi connectivity index (χ0) is 10.1. The van der Waals surface area contributed by atoms with Crippen molar-refractivity contribution in [2.75, 3.05) is 0 Å². The maximum Gasteiger partial charge on any atom is 0.329 e. The van der Waals surface area contributed by atoms with Crippen LogP contribution in [0.25, 0.3) is 0 Å². The first-order chi connectivity index (χ1) is 5.88. The zero-order valence-corrected chi connectivity index (χ0v) is 8.22. The minimum atomic E-state index is -0.482. The van der Waals surface area contributed by atoms with Crippen LogP contribution in [0.15, 0.2) is 0 Å². The van der Waals surface area contributed by atoms with E-state index in [-0.39, 0.29) is 11.9 Å². The van der Waals surface area contributed by atoms with Gasteiger partial charge in [-0.05, 0) is 27.2 Å². The number of hydrogen-bond donors (Lipinski definition) is 1. The first-order valence-electron chi connectivity index (χ1n) is 4.41. The van der Waals surface area contributed by atoms with Gasteiger partial charge in [0.25, 0.3) is 0 Å². The maximum absolute atomic E-state index is 11.4. The fourth-order valence-corrected chi connectivity index (χ4v) is 1.16. The number of carbonyl (C=O) groups excluding carboxylic acids is 2. The third kappa shape index (κ3) is 3.05. The molecule has 0 aromatic carbocycles. The van der Waals surface area contributed by atoms with Crippen molar-refractivity contribution < 1.29 is 14.3 Å². The van der Waals surface area contributed by atoms with E-state index in [4.69, 9.17) is 4.74 Å². The summed E-state index contributed by atoms with van der Waals surface area (Å²) in [6, 6.07) is -0.438. The lowest BCUT2D eigenvalue weighted by Gasteiger charge is -2.21. The standard InChI is InChI=1S/C9H15NO3/c1-9(2,3)13-8(12)6-4-5-7(11)10-6/h6H,4-5H2,1-3H3,(H,10,11)/t6-/m1/s1. The number of amides is 1. The molecule has 0 aromatic rings. The third-order valence-corrected chi connectivity index (χ3v) is 1.69. The van der Waals surface area contributed by atoms with E-state index in [1.165, 1.54) is 0 Å². The van der Waals surface area contributed by atoms with Gasteiger partial charge in [-0.2, -0.15) is 0 Å². The molecule has 1 rings (SSSR count). The normalized spacial score (nSPS) is 22.7. The molecule has 0 unspecified atom stereocenters. The van der Waals surface area contributed by atoms with Crippen LogP contribution in [0.5, 0.6) is 0 Å². The Morgan fingerprint density at radius 3 is 2.54 bits per heavy atom. The minimum Gasteiger partial charge on any atom is -0.458 e. The second-order valence-corrected chi connectivity index (χ2v) is 4.19. The molecule has 0 saturated carbocycles. The first-order valence-corrected chi connectivity index (χ1v) is 4.41. The predicted molar refractivity (Wildman–Crippen MR) is 47.0 cm³/mol.